The zero-order valence-electron chi connectivity index (χ0n) is 8.62. The van der Waals surface area contributed by atoms with E-state index < -0.39 is 0 Å². The summed E-state index contributed by atoms with van der Waals surface area (Å²) in [7, 11) is 1.67. The van der Waals surface area contributed by atoms with Crippen molar-refractivity contribution in [2.24, 2.45) is 0 Å². The lowest BCUT2D eigenvalue weighted by atomic mass is 10.4. The Morgan fingerprint density at radius 1 is 1.31 bits per heavy atom. The van der Waals surface area contributed by atoms with E-state index in [-0.39, 0.29) is 5.62 Å². The van der Waals surface area contributed by atoms with E-state index in [1.807, 2.05) is 0 Å². The van der Waals surface area contributed by atoms with Gasteiger partial charge in [-0.05, 0) is 12.8 Å². The summed E-state index contributed by atoms with van der Waals surface area (Å²) in [5, 5.41) is 0.531. The molecule has 2 nitrogen and oxygen atoms in total. The first-order valence-corrected chi connectivity index (χ1v) is 6.10. The van der Waals surface area contributed by atoms with Crippen LogP contribution in [0.3, 0.4) is 0 Å². The standard InChI is InChI=1S/C9H19O2S2/c1-8(2)13-9(10-3)11-6-4-5-7-12/h8-9H,4-7H2,1-3H3. The molecular weight excluding hydrogens is 204 g/mol. The van der Waals surface area contributed by atoms with Crippen LogP contribution >= 0.6 is 24.4 Å². The van der Waals surface area contributed by atoms with Gasteiger partial charge < -0.3 is 9.47 Å². The van der Waals surface area contributed by atoms with Gasteiger partial charge in [-0.2, -0.15) is 0 Å². The van der Waals surface area contributed by atoms with E-state index in [1.165, 1.54) is 0 Å². The van der Waals surface area contributed by atoms with Crippen LogP contribution in [0.5, 0.6) is 0 Å². The van der Waals surface area contributed by atoms with Crippen LogP contribution in [0.2, 0.25) is 0 Å². The molecule has 0 rings (SSSR count). The minimum absolute atomic E-state index is 0.120. The molecule has 0 aromatic rings. The van der Waals surface area contributed by atoms with E-state index >= 15 is 0 Å². The maximum atomic E-state index is 5.50. The zero-order valence-corrected chi connectivity index (χ0v) is 10.2. The number of ether oxygens (including phenoxy) is 2. The van der Waals surface area contributed by atoms with Crippen molar-refractivity contribution in [1.82, 2.24) is 0 Å². The normalized spacial score (nSPS) is 13.6. The molecule has 0 spiro atoms. The fourth-order valence-electron chi connectivity index (χ4n) is 0.769. The second-order valence-electron chi connectivity index (χ2n) is 2.99. The molecule has 13 heavy (non-hydrogen) atoms. The van der Waals surface area contributed by atoms with Crippen LogP contribution in [0.1, 0.15) is 26.7 Å². The Morgan fingerprint density at radius 2 is 2.00 bits per heavy atom. The highest BCUT2D eigenvalue weighted by atomic mass is 32.2. The average Bonchev–Trinajstić information content (AvgIpc) is 2.09. The van der Waals surface area contributed by atoms with Crippen LogP contribution in [0.25, 0.3) is 0 Å². The Labute approximate surface area is 91.2 Å². The van der Waals surface area contributed by atoms with Gasteiger partial charge in [0.1, 0.15) is 0 Å². The summed E-state index contributed by atoms with van der Waals surface area (Å²) in [6.07, 6.45) is 2.08. The third-order valence-electron chi connectivity index (χ3n) is 1.37. The second kappa shape index (κ2) is 9.19. The van der Waals surface area contributed by atoms with Crippen LogP contribution < -0.4 is 0 Å². The van der Waals surface area contributed by atoms with Crippen LogP contribution in [0.4, 0.5) is 0 Å². The molecule has 0 amide bonds. The molecule has 0 aromatic heterocycles. The lowest BCUT2D eigenvalue weighted by Crippen LogP contribution is -2.14. The summed E-state index contributed by atoms with van der Waals surface area (Å²) in [4.78, 5) is 0. The molecule has 0 aliphatic rings. The van der Waals surface area contributed by atoms with Gasteiger partial charge in [0.05, 0.1) is 6.61 Å². The number of rotatable bonds is 8. The lowest BCUT2D eigenvalue weighted by Gasteiger charge is -2.17. The maximum absolute atomic E-state index is 5.50. The molecule has 0 aliphatic carbocycles. The van der Waals surface area contributed by atoms with E-state index in [2.05, 4.69) is 13.8 Å². The number of methoxy groups -OCH3 is 1. The molecule has 0 heterocycles. The predicted molar refractivity (Wildman–Crippen MR) is 61.2 cm³/mol. The predicted octanol–water partition coefficient (Wildman–Crippen LogP) is 3.05. The van der Waals surface area contributed by atoms with Gasteiger partial charge in [-0.25, -0.2) is 0 Å². The monoisotopic (exact) mass is 223 g/mol. The van der Waals surface area contributed by atoms with Crippen molar-refractivity contribution >= 4 is 24.4 Å². The van der Waals surface area contributed by atoms with Gasteiger partial charge in [-0.15, -0.1) is 0 Å². The van der Waals surface area contributed by atoms with Gasteiger partial charge in [-0.1, -0.05) is 38.2 Å². The molecule has 0 saturated heterocycles. The van der Waals surface area contributed by atoms with Gasteiger partial charge in [0.25, 0.3) is 0 Å². The molecule has 0 bridgehead atoms. The van der Waals surface area contributed by atoms with Crippen molar-refractivity contribution in [3.05, 3.63) is 0 Å². The molecule has 1 atom stereocenters. The molecule has 0 N–H and O–H groups in total. The molecule has 79 valence electrons. The smallest absolute Gasteiger partial charge is 0.206 e. The Balaban J connectivity index is 3.36. The van der Waals surface area contributed by atoms with Crippen molar-refractivity contribution in [3.63, 3.8) is 0 Å². The van der Waals surface area contributed by atoms with E-state index in [1.54, 1.807) is 18.9 Å². The van der Waals surface area contributed by atoms with Crippen molar-refractivity contribution < 1.29 is 9.47 Å². The van der Waals surface area contributed by atoms with Crippen molar-refractivity contribution in [3.8, 4) is 0 Å². The number of unbranched alkanes of at least 4 members (excludes halogenated alkanes) is 1. The van der Waals surface area contributed by atoms with Gasteiger partial charge in [0.2, 0.25) is 5.62 Å². The molecule has 0 saturated carbocycles. The molecule has 0 aromatic carbocycles. The summed E-state index contributed by atoms with van der Waals surface area (Å²) in [5.74, 6) is 0.818. The number of hydrogen-bond donors (Lipinski definition) is 0. The fraction of sp³-hybridized carbons (Fsp3) is 1.00. The van der Waals surface area contributed by atoms with Crippen LogP contribution in [-0.2, 0) is 9.47 Å². The highest BCUT2D eigenvalue weighted by Crippen LogP contribution is 2.18. The van der Waals surface area contributed by atoms with Gasteiger partial charge in [0, 0.05) is 18.1 Å². The molecular formula is C9H19O2S2. The van der Waals surface area contributed by atoms with E-state index in [9.17, 15) is 0 Å². The first-order chi connectivity index (χ1) is 6.20. The first-order valence-electron chi connectivity index (χ1n) is 4.58. The van der Waals surface area contributed by atoms with Crippen LogP contribution in [-0.4, -0.2) is 30.3 Å². The molecule has 1 unspecified atom stereocenters. The van der Waals surface area contributed by atoms with E-state index in [0.717, 1.165) is 25.2 Å². The third-order valence-corrected chi connectivity index (χ3v) is 2.75. The Kier molecular flexibility index (Phi) is 9.62. The summed E-state index contributed by atoms with van der Waals surface area (Å²) in [6, 6.07) is 0. The van der Waals surface area contributed by atoms with Gasteiger partial charge in [0.15, 0.2) is 0 Å². The van der Waals surface area contributed by atoms with Crippen molar-refractivity contribution in [2.45, 2.75) is 37.6 Å². The van der Waals surface area contributed by atoms with Gasteiger partial charge in [-0.3, -0.25) is 0 Å². The summed E-state index contributed by atoms with van der Waals surface area (Å²) >= 11 is 6.52. The zero-order chi connectivity index (χ0) is 10.1. The minimum Gasteiger partial charge on any atom is -0.347 e. The molecule has 0 fully saturated rings. The second-order valence-corrected chi connectivity index (χ2v) is 5.00. The third kappa shape index (κ3) is 8.94. The van der Waals surface area contributed by atoms with Crippen LogP contribution in [0, 0.1) is 0 Å². The largest absolute Gasteiger partial charge is 0.347 e. The Hall–Kier alpha value is 0.620. The topological polar surface area (TPSA) is 18.5 Å². The summed E-state index contributed by atoms with van der Waals surface area (Å²) in [5.41, 5.74) is -0.120. The summed E-state index contributed by atoms with van der Waals surface area (Å²) in [6.45, 7) is 5.00. The van der Waals surface area contributed by atoms with Crippen molar-refractivity contribution in [1.29, 1.82) is 0 Å². The average molecular weight is 223 g/mol. The SMILES string of the molecule is COC(OCCCC[S])SC(C)C. The minimum atomic E-state index is -0.120. The maximum Gasteiger partial charge on any atom is 0.206 e. The number of thioether (sulfide) groups is 1. The Bertz CT molecular complexity index is 110. The molecule has 4 heteroatoms. The fourth-order valence-corrected chi connectivity index (χ4v) is 1.70. The number of hydrogen-bond acceptors (Lipinski definition) is 3. The Morgan fingerprint density at radius 3 is 2.46 bits per heavy atom. The summed E-state index contributed by atoms with van der Waals surface area (Å²) < 4.78 is 10.7. The highest BCUT2D eigenvalue weighted by Gasteiger charge is 2.09. The van der Waals surface area contributed by atoms with Crippen molar-refractivity contribution in [2.75, 3.05) is 19.5 Å². The highest BCUT2D eigenvalue weighted by molar-refractivity contribution is 8.00. The molecule has 1 radical (unpaired) electrons. The first kappa shape index (κ1) is 13.6. The molecule has 0 aliphatic heterocycles. The van der Waals surface area contributed by atoms with E-state index in [0.29, 0.717) is 5.25 Å². The van der Waals surface area contributed by atoms with Crippen LogP contribution in [0.15, 0.2) is 0 Å². The van der Waals surface area contributed by atoms with Gasteiger partial charge >= 0.3 is 0 Å². The van der Waals surface area contributed by atoms with E-state index in [4.69, 9.17) is 22.1 Å². The quantitative estimate of drug-likeness (QED) is 0.465. The lowest BCUT2D eigenvalue weighted by molar-refractivity contribution is -0.0610.